The Morgan fingerprint density at radius 3 is 2.47 bits per heavy atom. The zero-order chi connectivity index (χ0) is 12.8. The lowest BCUT2D eigenvalue weighted by molar-refractivity contribution is -0.140. The van der Waals surface area contributed by atoms with Crippen LogP contribution in [-0.4, -0.2) is 16.8 Å². The molecule has 0 bridgehead atoms. The van der Waals surface area contributed by atoms with E-state index in [2.05, 4.69) is 11.3 Å². The van der Waals surface area contributed by atoms with Crippen molar-refractivity contribution >= 4 is 17.0 Å². The summed E-state index contributed by atoms with van der Waals surface area (Å²) in [6.07, 6.45) is 0. The van der Waals surface area contributed by atoms with Gasteiger partial charge in [-0.25, -0.2) is 9.00 Å². The van der Waals surface area contributed by atoms with Gasteiger partial charge in [-0.15, -0.1) is 0 Å². The van der Waals surface area contributed by atoms with E-state index >= 15 is 0 Å². The number of aryl methyl sites for hydroxylation is 1. The number of esters is 1. The molecule has 0 fully saturated rings. The first-order valence-corrected chi connectivity index (χ1v) is 6.15. The number of benzene rings is 1. The predicted octanol–water partition coefficient (Wildman–Crippen LogP) is 2.11. The van der Waals surface area contributed by atoms with Gasteiger partial charge < -0.3 is 8.92 Å². The fourth-order valence-corrected chi connectivity index (χ4v) is 1.74. The Labute approximate surface area is 103 Å². The van der Waals surface area contributed by atoms with Gasteiger partial charge in [-0.1, -0.05) is 17.7 Å². The van der Waals surface area contributed by atoms with Crippen LogP contribution in [0.15, 0.2) is 41.5 Å². The van der Waals surface area contributed by atoms with Crippen LogP contribution in [0.4, 0.5) is 0 Å². The number of hydrogen-bond acceptors (Lipinski definition) is 4. The molecule has 17 heavy (non-hydrogen) atoms. The second-order valence-electron chi connectivity index (χ2n) is 3.27. The fourth-order valence-electron chi connectivity index (χ4n) is 1.03. The summed E-state index contributed by atoms with van der Waals surface area (Å²) < 4.78 is 21.3. The molecule has 0 aromatic heterocycles. The fraction of sp³-hybridized carbons (Fsp3) is 0.250. The minimum atomic E-state index is -1.75. The van der Waals surface area contributed by atoms with E-state index in [-0.39, 0.29) is 12.4 Å². The van der Waals surface area contributed by atoms with Crippen molar-refractivity contribution < 1.29 is 17.9 Å². The molecule has 0 N–H and O–H groups in total. The van der Waals surface area contributed by atoms with Crippen molar-refractivity contribution in [1.29, 1.82) is 0 Å². The highest BCUT2D eigenvalue weighted by Crippen LogP contribution is 2.12. The molecule has 1 aromatic carbocycles. The molecule has 0 saturated carbocycles. The SMILES string of the molecule is C=C(OS(=O)c1ccc(C)cc1)C(=O)OCC. The van der Waals surface area contributed by atoms with Gasteiger partial charge in [0, 0.05) is 0 Å². The van der Waals surface area contributed by atoms with Crippen LogP contribution in [0.25, 0.3) is 0 Å². The van der Waals surface area contributed by atoms with Gasteiger partial charge >= 0.3 is 5.97 Å². The normalized spacial score (nSPS) is 11.6. The number of ether oxygens (including phenoxy) is 1. The van der Waals surface area contributed by atoms with E-state index in [9.17, 15) is 9.00 Å². The van der Waals surface area contributed by atoms with Crippen molar-refractivity contribution in [2.75, 3.05) is 6.61 Å². The zero-order valence-electron chi connectivity index (χ0n) is 9.76. The Morgan fingerprint density at radius 2 is 1.94 bits per heavy atom. The summed E-state index contributed by atoms with van der Waals surface area (Å²) in [5.74, 6) is -0.960. The molecule has 0 aliphatic rings. The Morgan fingerprint density at radius 1 is 1.35 bits per heavy atom. The van der Waals surface area contributed by atoms with E-state index in [0.717, 1.165) is 5.56 Å². The molecule has 0 saturated heterocycles. The van der Waals surface area contributed by atoms with Crippen molar-refractivity contribution in [2.45, 2.75) is 18.7 Å². The quantitative estimate of drug-likeness (QED) is 0.459. The molecule has 0 aliphatic carbocycles. The smallest absolute Gasteiger partial charge is 0.374 e. The first kappa shape index (κ1) is 13.4. The first-order valence-electron chi connectivity index (χ1n) is 5.07. The first-order chi connectivity index (χ1) is 8.04. The summed E-state index contributed by atoms with van der Waals surface area (Å²) in [5, 5.41) is 0. The maximum absolute atomic E-state index is 11.7. The average Bonchev–Trinajstić information content (AvgIpc) is 2.30. The molecule has 92 valence electrons. The van der Waals surface area contributed by atoms with Crippen LogP contribution < -0.4 is 0 Å². The Hall–Kier alpha value is -1.62. The Bertz CT molecular complexity index is 436. The van der Waals surface area contributed by atoms with Crippen molar-refractivity contribution in [3.05, 3.63) is 42.2 Å². The van der Waals surface area contributed by atoms with E-state index in [1.54, 1.807) is 19.1 Å². The summed E-state index contributed by atoms with van der Waals surface area (Å²) in [6.45, 7) is 7.18. The molecule has 1 unspecified atom stereocenters. The minimum Gasteiger partial charge on any atom is -0.460 e. The van der Waals surface area contributed by atoms with Crippen LogP contribution in [0.5, 0.6) is 0 Å². The van der Waals surface area contributed by atoms with Crippen LogP contribution in [0.3, 0.4) is 0 Å². The lowest BCUT2D eigenvalue weighted by atomic mass is 10.2. The molecule has 0 aliphatic heterocycles. The van der Waals surface area contributed by atoms with Crippen molar-refractivity contribution in [3.8, 4) is 0 Å². The number of carbonyl (C=O) groups excluding carboxylic acids is 1. The molecule has 5 heteroatoms. The minimum absolute atomic E-state index is 0.221. The highest BCUT2D eigenvalue weighted by Gasteiger charge is 2.14. The van der Waals surface area contributed by atoms with E-state index in [4.69, 9.17) is 4.18 Å². The highest BCUT2D eigenvalue weighted by atomic mass is 32.2. The Kier molecular flexibility index (Phi) is 4.90. The largest absolute Gasteiger partial charge is 0.460 e. The lowest BCUT2D eigenvalue weighted by Gasteiger charge is -2.06. The van der Waals surface area contributed by atoms with Crippen LogP contribution in [0.1, 0.15) is 12.5 Å². The predicted molar refractivity (Wildman–Crippen MR) is 64.4 cm³/mol. The summed E-state index contributed by atoms with van der Waals surface area (Å²) >= 11 is -1.75. The third-order valence-corrected chi connectivity index (χ3v) is 2.90. The average molecular weight is 254 g/mol. The second kappa shape index (κ2) is 6.20. The number of rotatable bonds is 5. The Balaban J connectivity index is 2.63. The van der Waals surface area contributed by atoms with Crippen LogP contribution >= 0.6 is 0 Å². The topological polar surface area (TPSA) is 52.6 Å². The molecule has 4 nitrogen and oxygen atoms in total. The van der Waals surface area contributed by atoms with Crippen molar-refractivity contribution in [1.82, 2.24) is 0 Å². The zero-order valence-corrected chi connectivity index (χ0v) is 10.6. The molecule has 0 heterocycles. The van der Waals surface area contributed by atoms with Crippen LogP contribution in [0, 0.1) is 6.92 Å². The molecule has 1 atom stereocenters. The van der Waals surface area contributed by atoms with Crippen molar-refractivity contribution in [3.63, 3.8) is 0 Å². The molecule has 1 rings (SSSR count). The van der Waals surface area contributed by atoms with E-state index in [0.29, 0.717) is 4.90 Å². The maximum Gasteiger partial charge on any atom is 0.374 e. The van der Waals surface area contributed by atoms with Crippen LogP contribution in [-0.2, 0) is 24.8 Å². The molecular formula is C12H14O4S. The van der Waals surface area contributed by atoms with Gasteiger partial charge in [-0.05, 0) is 32.6 Å². The molecule has 1 aromatic rings. The number of hydrogen-bond donors (Lipinski definition) is 0. The van der Waals surface area contributed by atoms with Gasteiger partial charge in [0.1, 0.15) is 0 Å². The standard InChI is InChI=1S/C12H14O4S/c1-4-15-12(13)10(3)16-17(14)11-7-5-9(2)6-8-11/h5-8H,3-4H2,1-2H3. The summed E-state index contributed by atoms with van der Waals surface area (Å²) in [7, 11) is 0. The molecule has 0 spiro atoms. The molecule has 0 radical (unpaired) electrons. The third-order valence-electron chi connectivity index (χ3n) is 1.89. The summed E-state index contributed by atoms with van der Waals surface area (Å²) in [5.41, 5.74) is 1.05. The monoisotopic (exact) mass is 254 g/mol. The summed E-state index contributed by atoms with van der Waals surface area (Å²) in [4.78, 5) is 11.7. The van der Waals surface area contributed by atoms with E-state index in [1.165, 1.54) is 0 Å². The van der Waals surface area contributed by atoms with Crippen molar-refractivity contribution in [2.24, 2.45) is 0 Å². The third kappa shape index (κ3) is 4.03. The maximum atomic E-state index is 11.7. The molecule has 0 amide bonds. The second-order valence-corrected chi connectivity index (χ2v) is 4.38. The van der Waals surface area contributed by atoms with Gasteiger partial charge in [0.25, 0.3) is 0 Å². The van der Waals surface area contributed by atoms with Gasteiger partial charge in [-0.2, -0.15) is 0 Å². The van der Waals surface area contributed by atoms with Gasteiger partial charge in [0.15, 0.2) is 0 Å². The number of carbonyl (C=O) groups is 1. The van der Waals surface area contributed by atoms with E-state index < -0.39 is 17.0 Å². The van der Waals surface area contributed by atoms with Gasteiger partial charge in [-0.3, -0.25) is 0 Å². The van der Waals surface area contributed by atoms with E-state index in [1.807, 2.05) is 19.1 Å². The van der Waals surface area contributed by atoms with Crippen LogP contribution in [0.2, 0.25) is 0 Å². The summed E-state index contributed by atoms with van der Waals surface area (Å²) in [6, 6.07) is 6.96. The van der Waals surface area contributed by atoms with Gasteiger partial charge in [0.05, 0.1) is 11.5 Å². The lowest BCUT2D eigenvalue weighted by Crippen LogP contribution is -2.11. The molecular weight excluding hydrogens is 240 g/mol. The van der Waals surface area contributed by atoms with Gasteiger partial charge in [0.2, 0.25) is 16.8 Å². The highest BCUT2D eigenvalue weighted by molar-refractivity contribution is 7.80.